The summed E-state index contributed by atoms with van der Waals surface area (Å²) in [4.78, 5) is 4.37. The molecular weight excluding hydrogens is 224 g/mol. The summed E-state index contributed by atoms with van der Waals surface area (Å²) in [6.07, 6.45) is 2.51. The maximum absolute atomic E-state index is 4.37. The number of halogens is 1. The summed E-state index contributed by atoms with van der Waals surface area (Å²) in [6, 6.07) is 0.512. The largest absolute Gasteiger partial charge is 0.309 e. The highest BCUT2D eigenvalue weighted by molar-refractivity contribution is 9.11. The van der Waals surface area contributed by atoms with Gasteiger partial charge in [0.15, 0.2) is 3.92 Å². The average Bonchev–Trinajstić information content (AvgIpc) is 2.55. The van der Waals surface area contributed by atoms with Crippen molar-refractivity contribution in [3.05, 3.63) is 15.0 Å². The van der Waals surface area contributed by atoms with Gasteiger partial charge in [0.25, 0.3) is 0 Å². The van der Waals surface area contributed by atoms with Gasteiger partial charge in [0, 0.05) is 5.38 Å². The van der Waals surface area contributed by atoms with E-state index in [1.165, 1.54) is 18.5 Å². The topological polar surface area (TPSA) is 24.9 Å². The lowest BCUT2D eigenvalue weighted by atomic mass is 10.2. The summed E-state index contributed by atoms with van der Waals surface area (Å²) in [5.41, 5.74) is 1.19. The van der Waals surface area contributed by atoms with Gasteiger partial charge < -0.3 is 5.32 Å². The van der Waals surface area contributed by atoms with Gasteiger partial charge in [-0.15, -0.1) is 11.3 Å². The van der Waals surface area contributed by atoms with E-state index in [2.05, 4.69) is 31.6 Å². The standard InChI is InChI=1S/C7H9BrN2S/c8-7-10-6(4-11-7)5-2-1-3-9-5/h4-5,9H,1-3H2. The molecule has 1 fully saturated rings. The van der Waals surface area contributed by atoms with E-state index in [4.69, 9.17) is 0 Å². The fourth-order valence-electron chi connectivity index (χ4n) is 1.36. The number of rotatable bonds is 1. The van der Waals surface area contributed by atoms with E-state index in [0.717, 1.165) is 10.5 Å². The maximum atomic E-state index is 4.37. The Labute approximate surface area is 78.2 Å². The molecule has 1 aromatic rings. The van der Waals surface area contributed by atoms with Gasteiger partial charge in [0.2, 0.25) is 0 Å². The smallest absolute Gasteiger partial charge is 0.159 e. The van der Waals surface area contributed by atoms with E-state index in [1.807, 2.05) is 0 Å². The average molecular weight is 233 g/mol. The zero-order valence-corrected chi connectivity index (χ0v) is 8.41. The van der Waals surface area contributed by atoms with E-state index < -0.39 is 0 Å². The minimum Gasteiger partial charge on any atom is -0.309 e. The molecule has 1 aromatic heterocycles. The van der Waals surface area contributed by atoms with Crippen LogP contribution in [-0.4, -0.2) is 11.5 Å². The van der Waals surface area contributed by atoms with E-state index in [-0.39, 0.29) is 0 Å². The van der Waals surface area contributed by atoms with Crippen molar-refractivity contribution in [1.29, 1.82) is 0 Å². The molecule has 0 spiro atoms. The second-order valence-electron chi connectivity index (χ2n) is 2.67. The molecule has 0 saturated carbocycles. The van der Waals surface area contributed by atoms with Crippen LogP contribution in [0.3, 0.4) is 0 Å². The van der Waals surface area contributed by atoms with Gasteiger partial charge in [-0.25, -0.2) is 4.98 Å². The van der Waals surface area contributed by atoms with E-state index in [1.54, 1.807) is 11.3 Å². The summed E-state index contributed by atoms with van der Waals surface area (Å²) >= 11 is 5.02. The quantitative estimate of drug-likeness (QED) is 0.805. The van der Waals surface area contributed by atoms with Crippen molar-refractivity contribution in [3.63, 3.8) is 0 Å². The molecule has 1 saturated heterocycles. The predicted molar refractivity (Wildman–Crippen MR) is 49.8 cm³/mol. The van der Waals surface area contributed by atoms with E-state index in [9.17, 15) is 0 Å². The summed E-state index contributed by atoms with van der Waals surface area (Å²) in [5, 5.41) is 5.53. The fraction of sp³-hybridized carbons (Fsp3) is 0.571. The molecule has 1 aliphatic heterocycles. The van der Waals surface area contributed by atoms with Crippen LogP contribution in [0.1, 0.15) is 24.6 Å². The van der Waals surface area contributed by atoms with Crippen molar-refractivity contribution in [2.24, 2.45) is 0 Å². The Bertz CT molecular complexity index is 242. The van der Waals surface area contributed by atoms with Crippen LogP contribution >= 0.6 is 27.3 Å². The monoisotopic (exact) mass is 232 g/mol. The zero-order valence-electron chi connectivity index (χ0n) is 6.01. The number of nitrogens with zero attached hydrogens (tertiary/aromatic N) is 1. The molecule has 60 valence electrons. The molecule has 2 heterocycles. The molecule has 0 aromatic carbocycles. The van der Waals surface area contributed by atoms with E-state index >= 15 is 0 Å². The van der Waals surface area contributed by atoms with Crippen LogP contribution in [0.2, 0.25) is 0 Å². The second-order valence-corrected chi connectivity index (χ2v) is 4.81. The molecular formula is C7H9BrN2S. The van der Waals surface area contributed by atoms with Crippen molar-refractivity contribution in [2.75, 3.05) is 6.54 Å². The van der Waals surface area contributed by atoms with Crippen molar-refractivity contribution in [1.82, 2.24) is 10.3 Å². The molecule has 1 atom stereocenters. The van der Waals surface area contributed by atoms with Gasteiger partial charge in [-0.3, -0.25) is 0 Å². The van der Waals surface area contributed by atoms with Crippen LogP contribution in [0.5, 0.6) is 0 Å². The first kappa shape index (κ1) is 7.71. The van der Waals surface area contributed by atoms with Gasteiger partial charge in [-0.2, -0.15) is 0 Å². The molecule has 0 aliphatic carbocycles. The first-order chi connectivity index (χ1) is 5.36. The third-order valence-electron chi connectivity index (χ3n) is 1.91. The third-order valence-corrected chi connectivity index (χ3v) is 3.29. The molecule has 11 heavy (non-hydrogen) atoms. The van der Waals surface area contributed by atoms with Crippen LogP contribution in [0, 0.1) is 0 Å². The Kier molecular flexibility index (Phi) is 2.25. The Morgan fingerprint density at radius 3 is 3.18 bits per heavy atom. The molecule has 1 N–H and O–H groups in total. The van der Waals surface area contributed by atoms with Gasteiger partial charge >= 0.3 is 0 Å². The maximum Gasteiger partial charge on any atom is 0.159 e. The third kappa shape index (κ3) is 1.63. The number of hydrogen-bond donors (Lipinski definition) is 1. The zero-order chi connectivity index (χ0) is 7.68. The Morgan fingerprint density at radius 2 is 2.64 bits per heavy atom. The second kappa shape index (κ2) is 3.21. The van der Waals surface area contributed by atoms with Crippen LogP contribution in [-0.2, 0) is 0 Å². The highest BCUT2D eigenvalue weighted by atomic mass is 79.9. The van der Waals surface area contributed by atoms with Gasteiger partial charge in [0.1, 0.15) is 0 Å². The van der Waals surface area contributed by atoms with Crippen LogP contribution in [0.25, 0.3) is 0 Å². The lowest BCUT2D eigenvalue weighted by Crippen LogP contribution is -2.12. The highest BCUT2D eigenvalue weighted by Gasteiger charge is 2.17. The first-order valence-electron chi connectivity index (χ1n) is 3.70. The molecule has 1 unspecified atom stereocenters. The summed E-state index contributed by atoms with van der Waals surface area (Å²) in [6.45, 7) is 1.14. The molecule has 0 radical (unpaired) electrons. The predicted octanol–water partition coefficient (Wildman–Crippen LogP) is 2.33. The Balaban J connectivity index is 2.15. The first-order valence-corrected chi connectivity index (χ1v) is 5.38. The van der Waals surface area contributed by atoms with Crippen molar-refractivity contribution >= 4 is 27.3 Å². The highest BCUT2D eigenvalue weighted by Crippen LogP contribution is 2.26. The minimum atomic E-state index is 0.512. The summed E-state index contributed by atoms with van der Waals surface area (Å²) in [5.74, 6) is 0. The van der Waals surface area contributed by atoms with Gasteiger partial charge in [-0.1, -0.05) is 0 Å². The van der Waals surface area contributed by atoms with Crippen LogP contribution in [0.4, 0.5) is 0 Å². The molecule has 0 bridgehead atoms. The number of thiazole rings is 1. The van der Waals surface area contributed by atoms with Crippen molar-refractivity contribution < 1.29 is 0 Å². The number of hydrogen-bond acceptors (Lipinski definition) is 3. The summed E-state index contributed by atoms with van der Waals surface area (Å²) < 4.78 is 0.987. The summed E-state index contributed by atoms with van der Waals surface area (Å²) in [7, 11) is 0. The molecule has 2 nitrogen and oxygen atoms in total. The van der Waals surface area contributed by atoms with Crippen LogP contribution in [0.15, 0.2) is 9.30 Å². The molecule has 0 amide bonds. The number of aromatic nitrogens is 1. The molecule has 1 aliphatic rings. The van der Waals surface area contributed by atoms with E-state index in [0.29, 0.717) is 6.04 Å². The van der Waals surface area contributed by atoms with Crippen molar-refractivity contribution in [3.8, 4) is 0 Å². The number of nitrogens with one attached hydrogen (secondary N) is 1. The normalized spacial score (nSPS) is 24.3. The van der Waals surface area contributed by atoms with Gasteiger partial charge in [0.05, 0.1) is 11.7 Å². The lowest BCUT2D eigenvalue weighted by Gasteiger charge is -2.04. The fourth-order valence-corrected chi connectivity index (χ4v) is 2.44. The molecule has 4 heteroatoms. The van der Waals surface area contributed by atoms with Crippen LogP contribution < -0.4 is 5.32 Å². The van der Waals surface area contributed by atoms with Crippen molar-refractivity contribution in [2.45, 2.75) is 18.9 Å². The lowest BCUT2D eigenvalue weighted by molar-refractivity contribution is 0.631. The SMILES string of the molecule is Brc1nc(C2CCCN2)cs1. The molecule has 2 rings (SSSR count). The Hall–Kier alpha value is 0.0700. The van der Waals surface area contributed by atoms with Gasteiger partial charge in [-0.05, 0) is 35.3 Å². The Morgan fingerprint density at radius 1 is 1.73 bits per heavy atom. The minimum absolute atomic E-state index is 0.512.